The van der Waals surface area contributed by atoms with Gasteiger partial charge in [0, 0.05) is 6.42 Å². The molecule has 0 aliphatic carbocycles. The molecule has 0 fully saturated rings. The van der Waals surface area contributed by atoms with Crippen molar-refractivity contribution in [3.63, 3.8) is 0 Å². The summed E-state index contributed by atoms with van der Waals surface area (Å²) in [5.41, 5.74) is 0. The Kier molecular flexibility index (Phi) is 4.99. The van der Waals surface area contributed by atoms with Crippen LogP contribution < -0.4 is 0 Å². The number of allylic oxidation sites excluding steroid dienone is 2. The molecule has 0 atom stereocenters. The first-order chi connectivity index (χ1) is 4.72. The Morgan fingerprint density at radius 2 is 2.00 bits per heavy atom. The van der Waals surface area contributed by atoms with E-state index in [-0.39, 0.29) is 5.83 Å². The lowest BCUT2D eigenvalue weighted by atomic mass is 10.3. The Bertz CT molecular complexity index is 106. The lowest BCUT2D eigenvalue weighted by Crippen LogP contribution is -1.92. The summed E-state index contributed by atoms with van der Waals surface area (Å²) in [5, 5.41) is 0. The molecule has 0 saturated heterocycles. The molecule has 0 radical (unpaired) electrons. The minimum absolute atomic E-state index is 0.191. The molecule has 0 heterocycles. The second-order valence-electron chi connectivity index (χ2n) is 2.14. The van der Waals surface area contributed by atoms with Crippen LogP contribution in [-0.2, 0) is 4.74 Å². The number of hydrogen-bond donors (Lipinski definition) is 0. The Morgan fingerprint density at radius 3 is 2.30 bits per heavy atom. The van der Waals surface area contributed by atoms with Gasteiger partial charge in [-0.1, -0.05) is 6.92 Å². The smallest absolute Gasteiger partial charge is 0.134 e. The van der Waals surface area contributed by atoms with Crippen molar-refractivity contribution >= 4 is 0 Å². The van der Waals surface area contributed by atoms with Crippen LogP contribution in [0.5, 0.6) is 0 Å². The van der Waals surface area contributed by atoms with E-state index in [2.05, 4.69) is 0 Å². The molecule has 0 aliphatic rings. The van der Waals surface area contributed by atoms with Crippen molar-refractivity contribution in [3.8, 4) is 0 Å². The quantitative estimate of drug-likeness (QED) is 0.554. The van der Waals surface area contributed by atoms with Gasteiger partial charge in [-0.15, -0.1) is 0 Å². The third-order valence-electron chi connectivity index (χ3n) is 1.18. The molecule has 0 spiro atoms. The van der Waals surface area contributed by atoms with Gasteiger partial charge in [0.05, 0.1) is 6.61 Å². The minimum atomic E-state index is -0.191. The highest BCUT2D eigenvalue weighted by Crippen LogP contribution is 2.12. The van der Waals surface area contributed by atoms with E-state index in [0.29, 0.717) is 18.8 Å². The molecular formula is C8H15FO. The number of hydrogen-bond acceptors (Lipinski definition) is 1. The van der Waals surface area contributed by atoms with Crippen LogP contribution in [0.2, 0.25) is 0 Å². The monoisotopic (exact) mass is 146 g/mol. The third kappa shape index (κ3) is 3.49. The summed E-state index contributed by atoms with van der Waals surface area (Å²) in [4.78, 5) is 0. The fraction of sp³-hybridized carbons (Fsp3) is 0.750. The highest BCUT2D eigenvalue weighted by atomic mass is 19.1. The maximum atomic E-state index is 12.5. The van der Waals surface area contributed by atoms with E-state index in [1.807, 2.05) is 13.8 Å². The zero-order valence-electron chi connectivity index (χ0n) is 6.91. The van der Waals surface area contributed by atoms with Gasteiger partial charge in [-0.05, 0) is 20.3 Å². The maximum absolute atomic E-state index is 12.5. The first kappa shape index (κ1) is 9.47. The van der Waals surface area contributed by atoms with Crippen LogP contribution in [0.1, 0.15) is 33.6 Å². The number of ether oxygens (including phenoxy) is 1. The van der Waals surface area contributed by atoms with Crippen LogP contribution in [0.4, 0.5) is 4.39 Å². The van der Waals surface area contributed by atoms with Gasteiger partial charge in [-0.3, -0.25) is 0 Å². The fourth-order valence-corrected chi connectivity index (χ4v) is 0.745. The molecule has 0 unspecified atom stereocenters. The van der Waals surface area contributed by atoms with Crippen molar-refractivity contribution in [2.45, 2.75) is 33.6 Å². The van der Waals surface area contributed by atoms with Crippen LogP contribution in [-0.4, -0.2) is 6.61 Å². The van der Waals surface area contributed by atoms with Crippen LogP contribution in [0.15, 0.2) is 11.6 Å². The average Bonchev–Trinajstić information content (AvgIpc) is 1.87. The molecule has 0 saturated carbocycles. The van der Waals surface area contributed by atoms with Crippen molar-refractivity contribution in [3.05, 3.63) is 11.6 Å². The zero-order chi connectivity index (χ0) is 7.98. The van der Waals surface area contributed by atoms with E-state index in [4.69, 9.17) is 4.74 Å². The summed E-state index contributed by atoms with van der Waals surface area (Å²) in [6.07, 6.45) is 1.63. The van der Waals surface area contributed by atoms with Crippen LogP contribution in [0.3, 0.4) is 0 Å². The molecule has 0 aromatic heterocycles. The Morgan fingerprint density at radius 1 is 1.40 bits per heavy atom. The van der Waals surface area contributed by atoms with E-state index in [1.54, 1.807) is 0 Å². The molecular weight excluding hydrogens is 131 g/mol. The van der Waals surface area contributed by atoms with Gasteiger partial charge in [0.2, 0.25) is 0 Å². The first-order valence-corrected chi connectivity index (χ1v) is 3.70. The van der Waals surface area contributed by atoms with Gasteiger partial charge >= 0.3 is 0 Å². The second kappa shape index (κ2) is 5.27. The van der Waals surface area contributed by atoms with Crippen molar-refractivity contribution < 1.29 is 9.13 Å². The molecule has 0 rings (SSSR count). The van der Waals surface area contributed by atoms with Gasteiger partial charge in [0.1, 0.15) is 11.6 Å². The molecule has 2 heteroatoms. The van der Waals surface area contributed by atoms with Crippen LogP contribution >= 0.6 is 0 Å². The molecule has 0 N–H and O–H groups in total. The first-order valence-electron chi connectivity index (χ1n) is 3.70. The molecule has 0 amide bonds. The summed E-state index contributed by atoms with van der Waals surface area (Å²) in [5.74, 6) is 0.314. The third-order valence-corrected chi connectivity index (χ3v) is 1.18. The number of halogens is 1. The predicted octanol–water partition coefficient (Wildman–Crippen LogP) is 3.02. The van der Waals surface area contributed by atoms with E-state index >= 15 is 0 Å². The predicted molar refractivity (Wildman–Crippen MR) is 40.3 cm³/mol. The van der Waals surface area contributed by atoms with Gasteiger partial charge in [-0.25, -0.2) is 4.39 Å². The zero-order valence-corrected chi connectivity index (χ0v) is 6.91. The van der Waals surface area contributed by atoms with Crippen LogP contribution in [0.25, 0.3) is 0 Å². The Balaban J connectivity index is 3.86. The van der Waals surface area contributed by atoms with E-state index < -0.39 is 0 Å². The van der Waals surface area contributed by atoms with Crippen molar-refractivity contribution in [2.24, 2.45) is 0 Å². The Hall–Kier alpha value is -0.530. The maximum Gasteiger partial charge on any atom is 0.134 e. The molecule has 1 nitrogen and oxygen atoms in total. The lowest BCUT2D eigenvalue weighted by Gasteiger charge is -2.06. The number of rotatable bonds is 4. The second-order valence-corrected chi connectivity index (χ2v) is 2.14. The Labute approximate surface area is 61.9 Å². The molecule has 10 heavy (non-hydrogen) atoms. The summed E-state index contributed by atoms with van der Waals surface area (Å²) >= 11 is 0. The van der Waals surface area contributed by atoms with E-state index in [9.17, 15) is 4.39 Å². The molecule has 0 aliphatic heterocycles. The van der Waals surface area contributed by atoms with Crippen molar-refractivity contribution in [1.29, 1.82) is 0 Å². The van der Waals surface area contributed by atoms with E-state index in [0.717, 1.165) is 6.42 Å². The van der Waals surface area contributed by atoms with Gasteiger partial charge < -0.3 is 4.74 Å². The highest BCUT2D eigenvalue weighted by molar-refractivity contribution is 4.96. The summed E-state index contributed by atoms with van der Waals surface area (Å²) in [7, 11) is 0. The van der Waals surface area contributed by atoms with Gasteiger partial charge in [0.25, 0.3) is 0 Å². The van der Waals surface area contributed by atoms with Crippen LogP contribution in [0, 0.1) is 0 Å². The lowest BCUT2D eigenvalue weighted by molar-refractivity contribution is 0.205. The average molecular weight is 146 g/mol. The summed E-state index contributed by atoms with van der Waals surface area (Å²) in [6.45, 7) is 5.85. The van der Waals surface area contributed by atoms with Gasteiger partial charge in [0.15, 0.2) is 0 Å². The summed E-state index contributed by atoms with van der Waals surface area (Å²) < 4.78 is 17.5. The molecule has 0 bridgehead atoms. The largest absolute Gasteiger partial charge is 0.496 e. The molecule has 0 aromatic carbocycles. The fourth-order valence-electron chi connectivity index (χ4n) is 0.745. The standard InChI is InChI=1S/C8H15FO/c1-4-6-8(7(3)9)10-5-2/h4-6H2,1-3H3/b8-7-. The highest BCUT2D eigenvalue weighted by Gasteiger charge is 2.00. The topological polar surface area (TPSA) is 9.23 Å². The molecule has 60 valence electrons. The normalized spacial score (nSPS) is 12.8. The SMILES string of the molecule is CCC/C(OCC)=C(\C)F. The van der Waals surface area contributed by atoms with Gasteiger partial charge in [-0.2, -0.15) is 0 Å². The molecule has 0 aromatic rings. The van der Waals surface area contributed by atoms with Crippen molar-refractivity contribution in [2.75, 3.05) is 6.61 Å². The summed E-state index contributed by atoms with van der Waals surface area (Å²) in [6, 6.07) is 0. The van der Waals surface area contributed by atoms with E-state index in [1.165, 1.54) is 6.92 Å². The minimum Gasteiger partial charge on any atom is -0.496 e. The van der Waals surface area contributed by atoms with Crippen molar-refractivity contribution in [1.82, 2.24) is 0 Å².